The molecule has 132 valence electrons. The molecule has 1 aromatic carbocycles. The van der Waals surface area contributed by atoms with E-state index in [1.165, 1.54) is 0 Å². The third kappa shape index (κ3) is 3.28. The van der Waals surface area contributed by atoms with Gasteiger partial charge in [0.1, 0.15) is 5.75 Å². The van der Waals surface area contributed by atoms with E-state index in [2.05, 4.69) is 0 Å². The van der Waals surface area contributed by atoms with E-state index in [9.17, 15) is 9.90 Å². The van der Waals surface area contributed by atoms with Gasteiger partial charge in [0.25, 0.3) is 0 Å². The molecule has 0 aromatic heterocycles. The number of aliphatic hydroxyl groups excluding tert-OH is 1. The van der Waals surface area contributed by atoms with Crippen LogP contribution >= 0.6 is 0 Å². The number of methoxy groups -OCH3 is 1. The Bertz CT molecular complexity index is 590. The van der Waals surface area contributed by atoms with E-state index in [1.807, 2.05) is 36.1 Å². The molecule has 1 aromatic rings. The zero-order valence-corrected chi connectivity index (χ0v) is 14.5. The SMILES string of the molecule is CO[C@@]12CC[C@H](O)C[C@@H]1N(C(=O)CCOc1ccccc1C)CC2. The predicted molar refractivity (Wildman–Crippen MR) is 91.0 cm³/mol. The summed E-state index contributed by atoms with van der Waals surface area (Å²) in [5, 5.41) is 10.0. The molecule has 2 aliphatic rings. The molecule has 1 aliphatic heterocycles. The quantitative estimate of drug-likeness (QED) is 0.898. The van der Waals surface area contributed by atoms with E-state index in [1.54, 1.807) is 7.11 Å². The Balaban J connectivity index is 1.58. The van der Waals surface area contributed by atoms with Crippen LogP contribution in [0.3, 0.4) is 0 Å². The summed E-state index contributed by atoms with van der Waals surface area (Å²) in [4.78, 5) is 14.5. The molecule has 5 nitrogen and oxygen atoms in total. The van der Waals surface area contributed by atoms with Gasteiger partial charge < -0.3 is 19.5 Å². The normalized spacial score (nSPS) is 29.4. The number of hydrogen-bond acceptors (Lipinski definition) is 4. The van der Waals surface area contributed by atoms with Crippen molar-refractivity contribution in [3.05, 3.63) is 29.8 Å². The van der Waals surface area contributed by atoms with Crippen LogP contribution in [0.1, 0.15) is 37.7 Å². The second-order valence-electron chi connectivity index (χ2n) is 6.91. The molecule has 1 saturated heterocycles. The maximum absolute atomic E-state index is 12.6. The molecule has 0 spiro atoms. The number of rotatable bonds is 5. The van der Waals surface area contributed by atoms with Gasteiger partial charge in [-0.15, -0.1) is 0 Å². The van der Waals surface area contributed by atoms with E-state index in [0.29, 0.717) is 26.0 Å². The number of aryl methyl sites for hydroxylation is 1. The number of carbonyl (C=O) groups excluding carboxylic acids is 1. The van der Waals surface area contributed by atoms with Gasteiger partial charge in [0.2, 0.25) is 5.91 Å². The summed E-state index contributed by atoms with van der Waals surface area (Å²) < 4.78 is 11.5. The number of para-hydroxylation sites is 1. The molecule has 3 rings (SSSR count). The molecular formula is C19H27NO4. The lowest BCUT2D eigenvalue weighted by atomic mass is 9.79. The van der Waals surface area contributed by atoms with Gasteiger partial charge >= 0.3 is 0 Å². The van der Waals surface area contributed by atoms with Gasteiger partial charge in [0.15, 0.2) is 0 Å². The van der Waals surface area contributed by atoms with Crippen LogP contribution in [0.4, 0.5) is 0 Å². The third-order valence-electron chi connectivity index (χ3n) is 5.55. The molecular weight excluding hydrogens is 306 g/mol. The van der Waals surface area contributed by atoms with Crippen LogP contribution in [0, 0.1) is 6.92 Å². The van der Waals surface area contributed by atoms with Crippen molar-refractivity contribution in [3.8, 4) is 5.75 Å². The van der Waals surface area contributed by atoms with Gasteiger partial charge in [-0.25, -0.2) is 0 Å². The van der Waals surface area contributed by atoms with Crippen LogP contribution in [-0.4, -0.2) is 53.9 Å². The van der Waals surface area contributed by atoms with Crippen molar-refractivity contribution in [2.24, 2.45) is 0 Å². The van der Waals surface area contributed by atoms with Crippen molar-refractivity contribution in [1.29, 1.82) is 0 Å². The molecule has 1 saturated carbocycles. The zero-order chi connectivity index (χ0) is 17.2. The van der Waals surface area contributed by atoms with E-state index in [4.69, 9.17) is 9.47 Å². The lowest BCUT2D eigenvalue weighted by Gasteiger charge is -2.42. The standard InChI is InChI=1S/C19H27NO4/c1-14-5-3-4-6-16(14)24-12-8-18(22)20-11-10-19(23-2)9-7-15(21)13-17(19)20/h3-6,15,17,21H,7-13H2,1-2H3/t15-,17-,19+/m0/s1. The maximum Gasteiger partial charge on any atom is 0.226 e. The monoisotopic (exact) mass is 333 g/mol. The number of amides is 1. The van der Waals surface area contributed by atoms with E-state index < -0.39 is 0 Å². The van der Waals surface area contributed by atoms with Crippen molar-refractivity contribution in [3.63, 3.8) is 0 Å². The fourth-order valence-electron chi connectivity index (χ4n) is 4.09. The Hall–Kier alpha value is -1.59. The van der Waals surface area contributed by atoms with Crippen LogP contribution in [-0.2, 0) is 9.53 Å². The minimum atomic E-state index is -0.338. The Kier molecular flexibility index (Phi) is 5.11. The highest BCUT2D eigenvalue weighted by Crippen LogP contribution is 2.42. The van der Waals surface area contributed by atoms with Crippen molar-refractivity contribution < 1.29 is 19.4 Å². The molecule has 2 fully saturated rings. The highest BCUT2D eigenvalue weighted by Gasteiger charge is 2.52. The Morgan fingerprint density at radius 1 is 1.38 bits per heavy atom. The smallest absolute Gasteiger partial charge is 0.226 e. The van der Waals surface area contributed by atoms with Gasteiger partial charge in [-0.2, -0.15) is 0 Å². The van der Waals surface area contributed by atoms with Crippen LogP contribution in [0.15, 0.2) is 24.3 Å². The molecule has 3 atom stereocenters. The minimum absolute atomic E-state index is 0.0165. The molecule has 1 heterocycles. The van der Waals surface area contributed by atoms with Gasteiger partial charge in [-0.3, -0.25) is 4.79 Å². The number of fused-ring (bicyclic) bond motifs is 1. The third-order valence-corrected chi connectivity index (χ3v) is 5.55. The maximum atomic E-state index is 12.6. The summed E-state index contributed by atoms with van der Waals surface area (Å²) in [6.07, 6.45) is 3.04. The van der Waals surface area contributed by atoms with Crippen molar-refractivity contribution in [2.75, 3.05) is 20.3 Å². The first-order valence-corrected chi connectivity index (χ1v) is 8.77. The molecule has 5 heteroatoms. The average molecular weight is 333 g/mol. The number of ether oxygens (including phenoxy) is 2. The largest absolute Gasteiger partial charge is 0.493 e. The van der Waals surface area contributed by atoms with Crippen molar-refractivity contribution in [1.82, 2.24) is 4.90 Å². The summed E-state index contributed by atoms with van der Waals surface area (Å²) in [6, 6.07) is 7.80. The van der Waals surface area contributed by atoms with Crippen molar-refractivity contribution >= 4 is 5.91 Å². The van der Waals surface area contributed by atoms with Crippen molar-refractivity contribution in [2.45, 2.75) is 56.8 Å². The number of benzene rings is 1. The summed E-state index contributed by atoms with van der Waals surface area (Å²) in [6.45, 7) is 3.07. The highest BCUT2D eigenvalue weighted by atomic mass is 16.5. The summed E-state index contributed by atoms with van der Waals surface area (Å²) in [5.41, 5.74) is 0.797. The van der Waals surface area contributed by atoms with E-state index in [0.717, 1.165) is 30.6 Å². The lowest BCUT2D eigenvalue weighted by Crippen LogP contribution is -2.52. The molecule has 0 bridgehead atoms. The fraction of sp³-hybridized carbons (Fsp3) is 0.632. The molecule has 0 radical (unpaired) electrons. The summed E-state index contributed by atoms with van der Waals surface area (Å²) in [5.74, 6) is 0.910. The first kappa shape index (κ1) is 17.2. The topological polar surface area (TPSA) is 59.0 Å². The van der Waals surface area contributed by atoms with Crippen LogP contribution in [0.25, 0.3) is 0 Å². The summed E-state index contributed by atoms with van der Waals surface area (Å²) in [7, 11) is 1.72. The Morgan fingerprint density at radius 3 is 2.92 bits per heavy atom. The van der Waals surface area contributed by atoms with Gasteiger partial charge in [0.05, 0.1) is 30.8 Å². The lowest BCUT2D eigenvalue weighted by molar-refractivity contribution is -0.140. The van der Waals surface area contributed by atoms with Gasteiger partial charge in [-0.05, 0) is 44.2 Å². The predicted octanol–water partition coefficient (Wildman–Crippen LogP) is 2.29. The number of hydrogen-bond donors (Lipinski definition) is 1. The van der Waals surface area contributed by atoms with Gasteiger partial charge in [-0.1, -0.05) is 18.2 Å². The van der Waals surface area contributed by atoms with E-state index in [-0.39, 0.29) is 23.7 Å². The first-order valence-electron chi connectivity index (χ1n) is 8.77. The molecule has 0 unspecified atom stereocenters. The number of aliphatic hydroxyl groups is 1. The second kappa shape index (κ2) is 7.11. The Morgan fingerprint density at radius 2 is 2.17 bits per heavy atom. The average Bonchev–Trinajstić information content (AvgIpc) is 2.96. The van der Waals surface area contributed by atoms with Crippen LogP contribution in [0.5, 0.6) is 5.75 Å². The van der Waals surface area contributed by atoms with Gasteiger partial charge in [0, 0.05) is 13.7 Å². The summed E-state index contributed by atoms with van der Waals surface area (Å²) >= 11 is 0. The van der Waals surface area contributed by atoms with E-state index >= 15 is 0 Å². The Labute approximate surface area is 143 Å². The molecule has 1 amide bonds. The minimum Gasteiger partial charge on any atom is -0.493 e. The molecule has 24 heavy (non-hydrogen) atoms. The molecule has 1 aliphatic carbocycles. The molecule has 1 N–H and O–H groups in total. The zero-order valence-electron chi connectivity index (χ0n) is 14.5. The van der Waals surface area contributed by atoms with Crippen LogP contribution in [0.2, 0.25) is 0 Å². The number of nitrogens with zero attached hydrogens (tertiary/aromatic N) is 1. The second-order valence-corrected chi connectivity index (χ2v) is 6.91. The first-order chi connectivity index (χ1) is 11.6. The van der Waals surface area contributed by atoms with Crippen LogP contribution < -0.4 is 4.74 Å². The highest BCUT2D eigenvalue weighted by molar-refractivity contribution is 5.77. The number of likely N-dealkylation sites (tertiary alicyclic amines) is 1. The number of carbonyl (C=O) groups is 1. The fourth-order valence-corrected chi connectivity index (χ4v) is 4.09.